The number of alkyl halides is 3. The standard InChI is InChI=1S/C36H41ClF3N7O4/c37-27-18-21(17-26(32(27)48)36(38,39)40)19-29(33(49)45-13-7-23(8-14-45)22-5-11-41-12-6-22)43-34(50)46-15-9-24(10-16-46)47-30-20-42-28-4-2-1-3-25(28)31(30)44-35(47)51/h1-4,17-18,20,22-24,29,41,48H,5-16,19H2,(H,43,50)(H,44,51)/t29-/m1/s1. The van der Waals surface area contributed by atoms with E-state index in [0.29, 0.717) is 61.9 Å². The topological polar surface area (TPSA) is 136 Å². The number of phenolic OH excluding ortho intramolecular Hbond substituents is 1. The molecule has 7 rings (SSSR count). The fourth-order valence-corrected chi connectivity index (χ4v) is 8.45. The van der Waals surface area contributed by atoms with Crippen molar-refractivity contribution in [1.29, 1.82) is 0 Å². The van der Waals surface area contributed by atoms with E-state index in [2.05, 4.69) is 20.6 Å². The van der Waals surface area contributed by atoms with E-state index in [0.717, 1.165) is 55.7 Å². The molecule has 3 amide bonds. The normalized spacial score (nSPS) is 19.1. The van der Waals surface area contributed by atoms with Gasteiger partial charge in [0.2, 0.25) is 5.91 Å². The highest BCUT2D eigenvalue weighted by molar-refractivity contribution is 6.32. The summed E-state index contributed by atoms with van der Waals surface area (Å²) in [7, 11) is 0. The number of pyridine rings is 1. The molecule has 0 saturated carbocycles. The van der Waals surface area contributed by atoms with Crippen molar-refractivity contribution >= 4 is 45.5 Å². The number of nitrogens with one attached hydrogen (secondary N) is 3. The summed E-state index contributed by atoms with van der Waals surface area (Å²) >= 11 is 6.01. The lowest BCUT2D eigenvalue weighted by Crippen LogP contribution is -2.55. The first-order valence-corrected chi connectivity index (χ1v) is 18.0. The van der Waals surface area contributed by atoms with Crippen LogP contribution >= 0.6 is 11.6 Å². The number of benzene rings is 2. The lowest BCUT2D eigenvalue weighted by Gasteiger charge is -2.39. The predicted molar refractivity (Wildman–Crippen MR) is 187 cm³/mol. The molecule has 1 atom stereocenters. The smallest absolute Gasteiger partial charge is 0.420 e. The molecule has 0 unspecified atom stereocenters. The van der Waals surface area contributed by atoms with Gasteiger partial charge in [0.25, 0.3) is 0 Å². The Morgan fingerprint density at radius 1 is 0.980 bits per heavy atom. The summed E-state index contributed by atoms with van der Waals surface area (Å²) in [5, 5.41) is 16.6. The lowest BCUT2D eigenvalue weighted by atomic mass is 9.79. The number of aromatic hydroxyl groups is 1. The van der Waals surface area contributed by atoms with Crippen LogP contribution in [0.3, 0.4) is 0 Å². The molecule has 51 heavy (non-hydrogen) atoms. The van der Waals surface area contributed by atoms with Crippen LogP contribution in [0, 0.1) is 11.8 Å². The zero-order valence-corrected chi connectivity index (χ0v) is 28.8. The van der Waals surface area contributed by atoms with Gasteiger partial charge >= 0.3 is 17.9 Å². The summed E-state index contributed by atoms with van der Waals surface area (Å²) in [6.07, 6.45) is 1.35. The summed E-state index contributed by atoms with van der Waals surface area (Å²) in [6, 6.07) is 7.65. The molecule has 0 radical (unpaired) electrons. The van der Waals surface area contributed by atoms with Crippen molar-refractivity contribution in [2.75, 3.05) is 39.3 Å². The van der Waals surface area contributed by atoms with Crippen molar-refractivity contribution in [1.82, 2.24) is 35.0 Å². The molecule has 3 saturated heterocycles. The second-order valence-electron chi connectivity index (χ2n) is 14.0. The van der Waals surface area contributed by atoms with Gasteiger partial charge in [-0.05, 0) is 87.2 Å². The molecule has 0 spiro atoms. The molecule has 3 aliphatic heterocycles. The number of aromatic nitrogens is 3. The number of urea groups is 1. The molecule has 5 heterocycles. The third kappa shape index (κ3) is 7.25. The Morgan fingerprint density at radius 3 is 2.35 bits per heavy atom. The highest BCUT2D eigenvalue weighted by Gasteiger charge is 2.37. The first-order valence-electron chi connectivity index (χ1n) is 17.6. The van der Waals surface area contributed by atoms with E-state index in [9.17, 15) is 32.7 Å². The first-order chi connectivity index (χ1) is 24.5. The number of rotatable bonds is 6. The first kappa shape index (κ1) is 35.1. The van der Waals surface area contributed by atoms with Crippen molar-refractivity contribution in [3.63, 3.8) is 0 Å². The molecule has 2 aromatic heterocycles. The maximum Gasteiger partial charge on any atom is 0.420 e. The van der Waals surface area contributed by atoms with Gasteiger partial charge in [-0.15, -0.1) is 0 Å². The van der Waals surface area contributed by atoms with Crippen LogP contribution in [0.5, 0.6) is 5.75 Å². The number of amides is 3. The third-order valence-electron chi connectivity index (χ3n) is 10.9. The minimum Gasteiger partial charge on any atom is -0.506 e. The average molecular weight is 728 g/mol. The van der Waals surface area contributed by atoms with Crippen molar-refractivity contribution in [2.45, 2.75) is 63.2 Å². The maximum atomic E-state index is 14.0. The number of carbonyl (C=O) groups excluding carboxylic acids is 2. The van der Waals surface area contributed by atoms with Crippen LogP contribution in [-0.4, -0.2) is 86.7 Å². The zero-order chi connectivity index (χ0) is 35.9. The van der Waals surface area contributed by atoms with Gasteiger partial charge in [0.15, 0.2) is 0 Å². The summed E-state index contributed by atoms with van der Waals surface area (Å²) < 4.78 is 42.9. The highest BCUT2D eigenvalue weighted by atomic mass is 35.5. The number of likely N-dealkylation sites (tertiary alicyclic amines) is 2. The van der Waals surface area contributed by atoms with Gasteiger partial charge in [0.05, 0.1) is 33.3 Å². The Morgan fingerprint density at radius 2 is 1.65 bits per heavy atom. The lowest BCUT2D eigenvalue weighted by molar-refractivity contribution is -0.138. The Labute approximate surface area is 297 Å². The quantitative estimate of drug-likeness (QED) is 0.209. The van der Waals surface area contributed by atoms with E-state index < -0.39 is 34.6 Å². The summed E-state index contributed by atoms with van der Waals surface area (Å²) in [4.78, 5) is 51.6. The summed E-state index contributed by atoms with van der Waals surface area (Å²) in [5.74, 6) is -0.363. The van der Waals surface area contributed by atoms with Gasteiger partial charge in [0.1, 0.15) is 11.8 Å². The predicted octanol–water partition coefficient (Wildman–Crippen LogP) is 5.45. The minimum absolute atomic E-state index is 0.0620. The number of aromatic amines is 1. The number of H-pyrrole nitrogens is 1. The molecule has 0 aliphatic carbocycles. The monoisotopic (exact) mass is 727 g/mol. The number of halogens is 4. The molecular weight excluding hydrogens is 687 g/mol. The van der Waals surface area contributed by atoms with Crippen molar-refractivity contribution in [3.8, 4) is 5.75 Å². The van der Waals surface area contributed by atoms with Crippen LogP contribution in [0.1, 0.15) is 55.7 Å². The number of hydrogen-bond acceptors (Lipinski definition) is 6. The van der Waals surface area contributed by atoms with Gasteiger partial charge in [-0.3, -0.25) is 14.3 Å². The van der Waals surface area contributed by atoms with E-state index in [4.69, 9.17) is 11.6 Å². The average Bonchev–Trinajstić information content (AvgIpc) is 3.48. The van der Waals surface area contributed by atoms with E-state index in [1.54, 1.807) is 20.6 Å². The summed E-state index contributed by atoms with van der Waals surface area (Å²) in [5.41, 5.74) is 0.655. The number of hydrogen-bond donors (Lipinski definition) is 4. The SMILES string of the molecule is O=C(N[C@H](Cc1cc(Cl)c(O)c(C(F)(F)F)c1)C(=O)N1CCC(C2CCNCC2)CC1)N1CCC(n2c(=O)[nH]c3c4ccccc4ncc32)CC1. The van der Waals surface area contributed by atoms with Crippen LogP contribution in [0.2, 0.25) is 5.02 Å². The Bertz CT molecular complexity index is 1980. The minimum atomic E-state index is -4.87. The Hall–Kier alpha value is -4.30. The van der Waals surface area contributed by atoms with Gasteiger partial charge < -0.3 is 30.5 Å². The number of imidazole rings is 1. The van der Waals surface area contributed by atoms with Crippen LogP contribution < -0.4 is 16.3 Å². The second-order valence-corrected chi connectivity index (χ2v) is 14.4. The van der Waals surface area contributed by atoms with Crippen LogP contribution in [0.15, 0.2) is 47.4 Å². The van der Waals surface area contributed by atoms with E-state index in [1.807, 2.05) is 24.3 Å². The number of piperidine rings is 3. The Kier molecular flexibility index (Phi) is 9.90. The molecular formula is C36H41ClF3N7O4. The fraction of sp³-hybridized carbons (Fsp3) is 0.500. The number of phenols is 1. The molecule has 15 heteroatoms. The van der Waals surface area contributed by atoms with E-state index in [1.165, 1.54) is 6.07 Å². The highest BCUT2D eigenvalue weighted by Crippen LogP contribution is 2.41. The van der Waals surface area contributed by atoms with E-state index in [-0.39, 0.29) is 29.6 Å². The molecule has 4 aromatic rings. The molecule has 11 nitrogen and oxygen atoms in total. The van der Waals surface area contributed by atoms with Gasteiger partial charge in [0, 0.05) is 44.0 Å². The number of nitrogens with zero attached hydrogens (tertiary/aromatic N) is 4. The summed E-state index contributed by atoms with van der Waals surface area (Å²) in [6.45, 7) is 3.55. The molecule has 0 bridgehead atoms. The van der Waals surface area contributed by atoms with Crippen LogP contribution in [0.4, 0.5) is 18.0 Å². The van der Waals surface area contributed by atoms with Crippen molar-refractivity contribution < 1.29 is 27.9 Å². The molecule has 2 aromatic carbocycles. The Balaban J connectivity index is 1.07. The van der Waals surface area contributed by atoms with E-state index >= 15 is 0 Å². The van der Waals surface area contributed by atoms with Crippen LogP contribution in [-0.2, 0) is 17.4 Å². The van der Waals surface area contributed by atoms with Gasteiger partial charge in [-0.1, -0.05) is 29.8 Å². The van der Waals surface area contributed by atoms with Crippen molar-refractivity contribution in [3.05, 3.63) is 69.2 Å². The molecule has 3 aliphatic rings. The number of para-hydroxylation sites is 1. The largest absolute Gasteiger partial charge is 0.506 e. The van der Waals surface area contributed by atoms with Gasteiger partial charge in [-0.2, -0.15) is 13.2 Å². The number of fused-ring (bicyclic) bond motifs is 3. The second kappa shape index (κ2) is 14.4. The number of carbonyl (C=O) groups is 2. The van der Waals surface area contributed by atoms with Crippen molar-refractivity contribution in [2.24, 2.45) is 11.8 Å². The van der Waals surface area contributed by atoms with Gasteiger partial charge in [-0.25, -0.2) is 9.59 Å². The molecule has 4 N–H and O–H groups in total. The van der Waals surface area contributed by atoms with Crippen LogP contribution in [0.25, 0.3) is 21.9 Å². The molecule has 272 valence electrons. The molecule has 3 fully saturated rings. The fourth-order valence-electron chi connectivity index (χ4n) is 8.20. The zero-order valence-electron chi connectivity index (χ0n) is 28.0. The third-order valence-corrected chi connectivity index (χ3v) is 11.2. The maximum absolute atomic E-state index is 14.0.